The highest BCUT2D eigenvalue weighted by molar-refractivity contribution is 5.79. The molecule has 0 unspecified atom stereocenters. The van der Waals surface area contributed by atoms with Gasteiger partial charge in [0, 0.05) is 12.5 Å². The second-order valence-corrected chi connectivity index (χ2v) is 7.25. The first-order valence-electron chi connectivity index (χ1n) is 9.40. The summed E-state index contributed by atoms with van der Waals surface area (Å²) in [5, 5.41) is 0. The summed E-state index contributed by atoms with van der Waals surface area (Å²) in [6, 6.07) is 13.8. The molecule has 1 aromatic heterocycles. The maximum atomic E-state index is 13.0. The number of amides is 1. The van der Waals surface area contributed by atoms with Crippen molar-refractivity contribution in [3.63, 3.8) is 0 Å². The summed E-state index contributed by atoms with van der Waals surface area (Å²) in [6.45, 7) is 2.95. The first-order valence-corrected chi connectivity index (χ1v) is 9.40. The van der Waals surface area contributed by atoms with Crippen LogP contribution in [0.3, 0.4) is 0 Å². The molecule has 1 aliphatic carbocycles. The van der Waals surface area contributed by atoms with Gasteiger partial charge in [-0.05, 0) is 55.2 Å². The SMILES string of the molecule is COc1ccc(CN(Cc2nc3cc(C)ccc3o2)C(=O)C2CCC2)cc1. The first kappa shape index (κ1) is 17.6. The monoisotopic (exact) mass is 364 g/mol. The van der Waals surface area contributed by atoms with Crippen molar-refractivity contribution < 1.29 is 13.9 Å². The molecule has 2 aromatic carbocycles. The zero-order chi connectivity index (χ0) is 18.8. The molecule has 27 heavy (non-hydrogen) atoms. The number of aryl methyl sites for hydroxylation is 1. The minimum Gasteiger partial charge on any atom is -0.497 e. The van der Waals surface area contributed by atoms with Crippen LogP contribution >= 0.6 is 0 Å². The lowest BCUT2D eigenvalue weighted by Gasteiger charge is -2.31. The fourth-order valence-corrected chi connectivity index (χ4v) is 3.39. The topological polar surface area (TPSA) is 55.6 Å². The molecule has 1 fully saturated rings. The van der Waals surface area contributed by atoms with Gasteiger partial charge in [0.25, 0.3) is 0 Å². The van der Waals surface area contributed by atoms with Gasteiger partial charge in [-0.15, -0.1) is 0 Å². The minimum atomic E-state index is 0.134. The van der Waals surface area contributed by atoms with Gasteiger partial charge < -0.3 is 14.1 Å². The molecule has 0 aliphatic heterocycles. The van der Waals surface area contributed by atoms with Crippen LogP contribution in [0.1, 0.15) is 36.3 Å². The maximum absolute atomic E-state index is 13.0. The average Bonchev–Trinajstić information content (AvgIpc) is 3.01. The summed E-state index contributed by atoms with van der Waals surface area (Å²) in [5.41, 5.74) is 3.81. The molecule has 0 N–H and O–H groups in total. The molecular weight excluding hydrogens is 340 g/mol. The molecule has 0 saturated heterocycles. The summed E-state index contributed by atoms with van der Waals surface area (Å²) >= 11 is 0. The molecule has 0 spiro atoms. The van der Waals surface area contributed by atoms with Gasteiger partial charge in [0.1, 0.15) is 11.3 Å². The van der Waals surface area contributed by atoms with Gasteiger partial charge in [-0.1, -0.05) is 24.6 Å². The number of hydrogen-bond donors (Lipinski definition) is 0. The van der Waals surface area contributed by atoms with E-state index in [1.54, 1.807) is 7.11 Å². The van der Waals surface area contributed by atoms with E-state index >= 15 is 0 Å². The number of carbonyl (C=O) groups is 1. The molecule has 4 rings (SSSR count). The lowest BCUT2D eigenvalue weighted by atomic mass is 9.84. The van der Waals surface area contributed by atoms with Crippen LogP contribution in [0.2, 0.25) is 0 Å². The second kappa shape index (κ2) is 7.43. The van der Waals surface area contributed by atoms with Crippen LogP contribution in [0.5, 0.6) is 5.75 Å². The minimum absolute atomic E-state index is 0.134. The highest BCUT2D eigenvalue weighted by atomic mass is 16.5. The number of aromatic nitrogens is 1. The van der Waals surface area contributed by atoms with Gasteiger partial charge in [-0.3, -0.25) is 4.79 Å². The number of fused-ring (bicyclic) bond motifs is 1. The van der Waals surface area contributed by atoms with Crippen molar-refractivity contribution in [3.8, 4) is 5.75 Å². The summed E-state index contributed by atoms with van der Waals surface area (Å²) in [7, 11) is 1.65. The predicted molar refractivity (Wildman–Crippen MR) is 103 cm³/mol. The predicted octanol–water partition coefficient (Wildman–Crippen LogP) is 4.47. The molecule has 5 nitrogen and oxygen atoms in total. The Balaban J connectivity index is 1.56. The van der Waals surface area contributed by atoms with E-state index in [4.69, 9.17) is 9.15 Å². The Hall–Kier alpha value is -2.82. The average molecular weight is 364 g/mol. The fourth-order valence-electron chi connectivity index (χ4n) is 3.39. The van der Waals surface area contributed by atoms with Crippen LogP contribution in [-0.2, 0) is 17.9 Å². The summed E-state index contributed by atoms with van der Waals surface area (Å²) in [4.78, 5) is 19.4. The van der Waals surface area contributed by atoms with Crippen molar-refractivity contribution in [1.82, 2.24) is 9.88 Å². The van der Waals surface area contributed by atoms with Crippen molar-refractivity contribution in [2.45, 2.75) is 39.3 Å². The van der Waals surface area contributed by atoms with E-state index in [0.717, 1.165) is 47.2 Å². The van der Waals surface area contributed by atoms with E-state index in [2.05, 4.69) is 4.98 Å². The van der Waals surface area contributed by atoms with Crippen LogP contribution in [-0.4, -0.2) is 22.9 Å². The normalized spacial score (nSPS) is 14.1. The molecule has 0 atom stereocenters. The van der Waals surface area contributed by atoms with Crippen molar-refractivity contribution in [1.29, 1.82) is 0 Å². The van der Waals surface area contributed by atoms with Crippen molar-refractivity contribution in [2.75, 3.05) is 7.11 Å². The summed E-state index contributed by atoms with van der Waals surface area (Å²) in [6.07, 6.45) is 3.09. The van der Waals surface area contributed by atoms with Gasteiger partial charge in [-0.25, -0.2) is 4.98 Å². The Labute approximate surface area is 158 Å². The van der Waals surface area contributed by atoms with E-state index in [1.165, 1.54) is 0 Å². The Bertz CT molecular complexity index is 942. The second-order valence-electron chi connectivity index (χ2n) is 7.25. The molecule has 5 heteroatoms. The number of rotatable bonds is 6. The van der Waals surface area contributed by atoms with Crippen LogP contribution < -0.4 is 4.74 Å². The lowest BCUT2D eigenvalue weighted by molar-refractivity contribution is -0.139. The van der Waals surface area contributed by atoms with Gasteiger partial charge in [0.15, 0.2) is 5.58 Å². The van der Waals surface area contributed by atoms with E-state index in [0.29, 0.717) is 19.0 Å². The zero-order valence-corrected chi connectivity index (χ0v) is 15.8. The molecule has 0 radical (unpaired) electrons. The lowest BCUT2D eigenvalue weighted by Crippen LogP contribution is -2.38. The molecule has 1 heterocycles. The Morgan fingerprint density at radius 2 is 1.96 bits per heavy atom. The molecule has 1 saturated carbocycles. The number of benzene rings is 2. The summed E-state index contributed by atoms with van der Waals surface area (Å²) in [5.74, 6) is 1.71. The van der Waals surface area contributed by atoms with Crippen LogP contribution in [0.4, 0.5) is 0 Å². The standard InChI is InChI=1S/C22H24N2O3/c1-15-6-11-20-19(12-15)23-21(27-20)14-24(22(25)17-4-3-5-17)13-16-7-9-18(26-2)10-8-16/h6-12,17H,3-5,13-14H2,1-2H3. The third kappa shape index (κ3) is 3.82. The van der Waals surface area contributed by atoms with Crippen LogP contribution in [0.15, 0.2) is 46.9 Å². The van der Waals surface area contributed by atoms with Crippen molar-refractivity contribution in [2.24, 2.45) is 5.92 Å². The quantitative estimate of drug-likeness (QED) is 0.647. The molecular formula is C22H24N2O3. The van der Waals surface area contributed by atoms with Crippen molar-refractivity contribution in [3.05, 3.63) is 59.5 Å². The zero-order valence-electron chi connectivity index (χ0n) is 15.8. The number of hydrogen-bond acceptors (Lipinski definition) is 4. The Kier molecular flexibility index (Phi) is 4.84. The van der Waals surface area contributed by atoms with Crippen molar-refractivity contribution >= 4 is 17.0 Å². The molecule has 140 valence electrons. The highest BCUT2D eigenvalue weighted by Crippen LogP contribution is 2.30. The number of nitrogens with zero attached hydrogens (tertiary/aromatic N) is 2. The number of ether oxygens (including phenoxy) is 1. The largest absolute Gasteiger partial charge is 0.497 e. The van der Waals surface area contributed by atoms with Gasteiger partial charge in [0.05, 0.1) is 13.7 Å². The smallest absolute Gasteiger partial charge is 0.226 e. The van der Waals surface area contributed by atoms with Crippen LogP contribution in [0.25, 0.3) is 11.1 Å². The highest BCUT2D eigenvalue weighted by Gasteiger charge is 2.30. The van der Waals surface area contributed by atoms with E-state index in [9.17, 15) is 4.79 Å². The number of oxazole rings is 1. The van der Waals surface area contributed by atoms with E-state index < -0.39 is 0 Å². The molecule has 3 aromatic rings. The third-order valence-electron chi connectivity index (χ3n) is 5.21. The third-order valence-corrected chi connectivity index (χ3v) is 5.21. The fraction of sp³-hybridized carbons (Fsp3) is 0.364. The van der Waals surface area contributed by atoms with Gasteiger partial charge >= 0.3 is 0 Å². The number of carbonyl (C=O) groups excluding carboxylic acids is 1. The molecule has 1 aliphatic rings. The molecule has 0 bridgehead atoms. The summed E-state index contributed by atoms with van der Waals surface area (Å²) < 4.78 is 11.1. The van der Waals surface area contributed by atoms with Gasteiger partial charge in [-0.2, -0.15) is 0 Å². The van der Waals surface area contributed by atoms with Gasteiger partial charge in [0.2, 0.25) is 11.8 Å². The Morgan fingerprint density at radius 1 is 1.19 bits per heavy atom. The maximum Gasteiger partial charge on any atom is 0.226 e. The Morgan fingerprint density at radius 3 is 2.63 bits per heavy atom. The van der Waals surface area contributed by atoms with Crippen LogP contribution in [0, 0.1) is 12.8 Å². The number of methoxy groups -OCH3 is 1. The molecule has 1 amide bonds. The first-order chi connectivity index (χ1) is 13.1. The van der Waals surface area contributed by atoms with E-state index in [-0.39, 0.29) is 11.8 Å². The van der Waals surface area contributed by atoms with E-state index in [1.807, 2.05) is 54.3 Å².